The normalized spacial score (nSPS) is 14.4. The summed E-state index contributed by atoms with van der Waals surface area (Å²) in [6.07, 6.45) is 3.01. The minimum atomic E-state index is -0.519. The fraction of sp³-hybridized carbons (Fsp3) is 0.312. The Bertz CT molecular complexity index is 669. The second kappa shape index (κ2) is 7.06. The maximum absolute atomic E-state index is 11.3. The number of carbonyl (C=O) groups is 1. The van der Waals surface area contributed by atoms with Gasteiger partial charge in [0.25, 0.3) is 0 Å². The van der Waals surface area contributed by atoms with E-state index in [1.807, 2.05) is 12.1 Å². The number of amides is 1. The van der Waals surface area contributed by atoms with Crippen LogP contribution in [0.3, 0.4) is 0 Å². The molecule has 0 saturated carbocycles. The molecule has 2 aromatic rings. The number of hydrogen-bond acceptors (Lipinski definition) is 6. The highest BCUT2D eigenvalue weighted by Crippen LogP contribution is 2.22. The van der Waals surface area contributed by atoms with Gasteiger partial charge in [-0.3, -0.25) is 5.32 Å². The Hall–Kier alpha value is -2.67. The summed E-state index contributed by atoms with van der Waals surface area (Å²) < 4.78 is 9.90. The van der Waals surface area contributed by atoms with Gasteiger partial charge in [0.1, 0.15) is 0 Å². The van der Waals surface area contributed by atoms with E-state index in [9.17, 15) is 4.79 Å². The molecule has 7 nitrogen and oxygen atoms in total. The molecule has 3 rings (SSSR count). The molecule has 1 fully saturated rings. The Morgan fingerprint density at radius 3 is 2.70 bits per heavy atom. The van der Waals surface area contributed by atoms with Crippen molar-refractivity contribution >= 4 is 17.7 Å². The summed E-state index contributed by atoms with van der Waals surface area (Å²) in [5.74, 6) is 0.699. The highest BCUT2D eigenvalue weighted by Gasteiger charge is 2.13. The quantitative estimate of drug-likeness (QED) is 0.933. The molecule has 1 radical (unpaired) electrons. The first-order valence-electron chi connectivity index (χ1n) is 7.27. The van der Waals surface area contributed by atoms with Crippen LogP contribution in [0.15, 0.2) is 30.6 Å². The second-order valence-corrected chi connectivity index (χ2v) is 5.00. The van der Waals surface area contributed by atoms with E-state index in [4.69, 9.17) is 4.74 Å². The fourth-order valence-electron chi connectivity index (χ4n) is 2.28. The molecule has 0 atom stereocenters. The van der Waals surface area contributed by atoms with Gasteiger partial charge in [-0.05, 0) is 29.8 Å². The molecule has 0 unspecified atom stereocenters. The van der Waals surface area contributed by atoms with Gasteiger partial charge in [0.05, 0.1) is 20.3 Å². The Kier molecular flexibility index (Phi) is 4.68. The number of rotatable bonds is 3. The first-order chi connectivity index (χ1) is 11.3. The van der Waals surface area contributed by atoms with Crippen LogP contribution in [0, 0.1) is 6.07 Å². The van der Waals surface area contributed by atoms with Crippen LogP contribution in [0.4, 0.5) is 16.4 Å². The number of morpholine rings is 1. The molecule has 0 spiro atoms. The number of hydrogen-bond donors (Lipinski definition) is 1. The summed E-state index contributed by atoms with van der Waals surface area (Å²) in [5, 5.41) is 2.61. The van der Waals surface area contributed by atoms with Gasteiger partial charge >= 0.3 is 6.09 Å². The fourth-order valence-corrected chi connectivity index (χ4v) is 2.28. The van der Waals surface area contributed by atoms with Crippen molar-refractivity contribution in [2.75, 3.05) is 43.6 Å². The molecular formula is C16H17N4O3. The van der Waals surface area contributed by atoms with E-state index < -0.39 is 6.09 Å². The molecular weight excluding hydrogens is 296 g/mol. The highest BCUT2D eigenvalue weighted by molar-refractivity contribution is 5.85. The van der Waals surface area contributed by atoms with Crippen LogP contribution in [-0.2, 0) is 9.47 Å². The van der Waals surface area contributed by atoms with Gasteiger partial charge in [-0.15, -0.1) is 0 Å². The zero-order chi connectivity index (χ0) is 16.1. The van der Waals surface area contributed by atoms with Crippen molar-refractivity contribution in [1.29, 1.82) is 0 Å². The standard InChI is InChI=1S/C16H17N4O3/c1-22-16(21)19-14-4-2-3-12(9-14)13-10-17-15(18-11-13)20-5-7-23-8-6-20/h3-4,9-11H,5-8H2,1H3,(H,19,21). The number of anilines is 2. The number of methoxy groups -OCH3 is 1. The molecule has 1 aliphatic heterocycles. The molecule has 1 N–H and O–H groups in total. The van der Waals surface area contributed by atoms with Crippen LogP contribution < -0.4 is 10.2 Å². The van der Waals surface area contributed by atoms with Crippen molar-refractivity contribution in [2.24, 2.45) is 0 Å². The number of nitrogens with one attached hydrogen (secondary N) is 1. The molecule has 1 aromatic heterocycles. The minimum Gasteiger partial charge on any atom is -0.453 e. The number of nitrogens with zero attached hydrogens (tertiary/aromatic N) is 3. The molecule has 119 valence electrons. The lowest BCUT2D eigenvalue weighted by molar-refractivity contribution is 0.122. The maximum Gasteiger partial charge on any atom is 0.411 e. The van der Waals surface area contributed by atoms with Crippen molar-refractivity contribution in [3.05, 3.63) is 36.7 Å². The molecule has 1 aromatic carbocycles. The predicted molar refractivity (Wildman–Crippen MR) is 85.4 cm³/mol. The summed E-state index contributed by atoms with van der Waals surface area (Å²) in [5.41, 5.74) is 2.32. The van der Waals surface area contributed by atoms with Crippen LogP contribution >= 0.6 is 0 Å². The largest absolute Gasteiger partial charge is 0.453 e. The van der Waals surface area contributed by atoms with E-state index in [-0.39, 0.29) is 0 Å². The number of carbonyl (C=O) groups excluding carboxylic acids is 1. The van der Waals surface area contributed by atoms with Gasteiger partial charge in [0, 0.05) is 36.7 Å². The molecule has 1 amide bonds. The van der Waals surface area contributed by atoms with E-state index >= 15 is 0 Å². The molecule has 1 saturated heterocycles. The average molecular weight is 313 g/mol. The lowest BCUT2D eigenvalue weighted by Gasteiger charge is -2.26. The number of benzene rings is 1. The zero-order valence-corrected chi connectivity index (χ0v) is 12.8. The minimum absolute atomic E-state index is 0.519. The third-order valence-electron chi connectivity index (χ3n) is 3.49. The molecule has 0 aliphatic carbocycles. The smallest absolute Gasteiger partial charge is 0.411 e. The van der Waals surface area contributed by atoms with Crippen LogP contribution in [0.5, 0.6) is 0 Å². The van der Waals surface area contributed by atoms with Gasteiger partial charge in [0.15, 0.2) is 0 Å². The van der Waals surface area contributed by atoms with Crippen LogP contribution in [0.25, 0.3) is 11.1 Å². The monoisotopic (exact) mass is 313 g/mol. The second-order valence-electron chi connectivity index (χ2n) is 5.00. The van der Waals surface area contributed by atoms with Gasteiger partial charge in [0.2, 0.25) is 5.95 Å². The Morgan fingerprint density at radius 2 is 2.00 bits per heavy atom. The zero-order valence-electron chi connectivity index (χ0n) is 12.8. The third-order valence-corrected chi connectivity index (χ3v) is 3.49. The number of aromatic nitrogens is 2. The highest BCUT2D eigenvalue weighted by atomic mass is 16.5. The molecule has 7 heteroatoms. The lowest BCUT2D eigenvalue weighted by Crippen LogP contribution is -2.37. The van der Waals surface area contributed by atoms with E-state index in [0.717, 1.165) is 24.2 Å². The summed E-state index contributed by atoms with van der Waals surface area (Å²) in [4.78, 5) is 22.2. The summed E-state index contributed by atoms with van der Waals surface area (Å²) in [6.45, 7) is 2.99. The van der Waals surface area contributed by atoms with Gasteiger partial charge in [-0.25, -0.2) is 14.8 Å². The van der Waals surface area contributed by atoms with E-state index in [1.54, 1.807) is 18.5 Å². The van der Waals surface area contributed by atoms with Gasteiger partial charge < -0.3 is 14.4 Å². The maximum atomic E-state index is 11.3. The predicted octanol–water partition coefficient (Wildman–Crippen LogP) is 1.96. The Labute approximate surface area is 134 Å². The van der Waals surface area contributed by atoms with Gasteiger partial charge in [-0.2, -0.15) is 0 Å². The Balaban J connectivity index is 1.76. The van der Waals surface area contributed by atoms with Crippen LogP contribution in [0.2, 0.25) is 0 Å². The van der Waals surface area contributed by atoms with Crippen LogP contribution in [-0.4, -0.2) is 49.5 Å². The van der Waals surface area contributed by atoms with Crippen LogP contribution in [0.1, 0.15) is 0 Å². The third kappa shape index (κ3) is 3.75. The van der Waals surface area contributed by atoms with Crippen molar-refractivity contribution < 1.29 is 14.3 Å². The van der Waals surface area contributed by atoms with E-state index in [0.29, 0.717) is 24.8 Å². The molecule has 1 aliphatic rings. The molecule has 23 heavy (non-hydrogen) atoms. The first-order valence-corrected chi connectivity index (χ1v) is 7.27. The number of ether oxygens (including phenoxy) is 2. The van der Waals surface area contributed by atoms with Crippen molar-refractivity contribution in [3.63, 3.8) is 0 Å². The van der Waals surface area contributed by atoms with Crippen molar-refractivity contribution in [1.82, 2.24) is 9.97 Å². The average Bonchev–Trinajstić information content (AvgIpc) is 2.63. The SMILES string of the molecule is COC(=O)Nc1c[c]cc(-c2cnc(N3CCOCC3)nc2)c1. The first kappa shape index (κ1) is 15.2. The summed E-state index contributed by atoms with van der Waals surface area (Å²) in [6, 6.07) is 8.29. The Morgan fingerprint density at radius 1 is 1.26 bits per heavy atom. The molecule has 2 heterocycles. The lowest BCUT2D eigenvalue weighted by atomic mass is 10.1. The summed E-state index contributed by atoms with van der Waals surface area (Å²) in [7, 11) is 1.32. The topological polar surface area (TPSA) is 76.6 Å². The molecule has 0 bridgehead atoms. The van der Waals surface area contributed by atoms with E-state index in [2.05, 4.69) is 31.0 Å². The van der Waals surface area contributed by atoms with Gasteiger partial charge in [-0.1, -0.05) is 0 Å². The van der Waals surface area contributed by atoms with Crippen molar-refractivity contribution in [3.8, 4) is 11.1 Å². The van der Waals surface area contributed by atoms with Crippen molar-refractivity contribution in [2.45, 2.75) is 0 Å². The van der Waals surface area contributed by atoms with E-state index in [1.165, 1.54) is 7.11 Å². The summed E-state index contributed by atoms with van der Waals surface area (Å²) >= 11 is 0.